The van der Waals surface area contributed by atoms with Crippen LogP contribution >= 0.6 is 0 Å². The van der Waals surface area contributed by atoms with Crippen LogP contribution in [0, 0.1) is 0 Å². The van der Waals surface area contributed by atoms with E-state index in [2.05, 4.69) is 10.2 Å². The van der Waals surface area contributed by atoms with Crippen LogP contribution in [0.5, 0.6) is 0 Å². The molecular weight excluding hydrogens is 164 g/mol. The minimum atomic E-state index is -0.525. The highest BCUT2D eigenvalue weighted by Crippen LogP contribution is 2.25. The van der Waals surface area contributed by atoms with Crippen molar-refractivity contribution in [2.24, 2.45) is 0 Å². The lowest BCUT2D eigenvalue weighted by Gasteiger charge is -2.42. The Bertz CT molecular complexity index is 176. The Labute approximate surface area is 80.1 Å². The van der Waals surface area contributed by atoms with Crippen LogP contribution in [0.25, 0.3) is 0 Å². The normalized spacial score (nSPS) is 42.5. The van der Waals surface area contributed by atoms with Gasteiger partial charge in [-0.25, -0.2) is 0 Å². The average molecular weight is 184 g/mol. The van der Waals surface area contributed by atoms with E-state index < -0.39 is 5.60 Å². The molecule has 2 saturated heterocycles. The standard InChI is InChI=1S/C10H20N2O/c1-10(13)8-11-5-4-9(10)12-6-2-3-7-12/h9,11,13H,2-8H2,1H3/t9-,10-/m0/s1. The zero-order valence-corrected chi connectivity index (χ0v) is 8.42. The van der Waals surface area contributed by atoms with Crippen LogP contribution in [-0.2, 0) is 0 Å². The molecule has 0 radical (unpaired) electrons. The molecule has 0 bridgehead atoms. The van der Waals surface area contributed by atoms with Gasteiger partial charge in [-0.3, -0.25) is 4.90 Å². The second kappa shape index (κ2) is 3.56. The molecule has 76 valence electrons. The van der Waals surface area contributed by atoms with Crippen molar-refractivity contribution in [1.29, 1.82) is 0 Å². The van der Waals surface area contributed by atoms with Gasteiger partial charge in [0.05, 0.1) is 5.60 Å². The summed E-state index contributed by atoms with van der Waals surface area (Å²) in [6.07, 6.45) is 3.70. The summed E-state index contributed by atoms with van der Waals surface area (Å²) in [4.78, 5) is 2.46. The highest BCUT2D eigenvalue weighted by molar-refractivity contribution is 4.96. The van der Waals surface area contributed by atoms with E-state index in [4.69, 9.17) is 0 Å². The molecule has 2 atom stereocenters. The van der Waals surface area contributed by atoms with Crippen LogP contribution in [0.4, 0.5) is 0 Å². The maximum absolute atomic E-state index is 10.2. The molecule has 2 aliphatic heterocycles. The predicted octanol–water partition coefficient (Wildman–Crippen LogP) is 0.195. The quantitative estimate of drug-likeness (QED) is 0.611. The Kier molecular flexibility index (Phi) is 2.58. The predicted molar refractivity (Wildman–Crippen MR) is 52.7 cm³/mol. The fraction of sp³-hybridized carbons (Fsp3) is 1.00. The second-order valence-electron chi connectivity index (χ2n) is 4.58. The van der Waals surface area contributed by atoms with E-state index in [0.29, 0.717) is 6.04 Å². The van der Waals surface area contributed by atoms with E-state index in [1.165, 1.54) is 25.9 Å². The van der Waals surface area contributed by atoms with E-state index >= 15 is 0 Å². The maximum Gasteiger partial charge on any atom is 0.0898 e. The van der Waals surface area contributed by atoms with Gasteiger partial charge < -0.3 is 10.4 Å². The van der Waals surface area contributed by atoms with Crippen molar-refractivity contribution in [3.8, 4) is 0 Å². The summed E-state index contributed by atoms with van der Waals surface area (Å²) in [5, 5.41) is 13.4. The highest BCUT2D eigenvalue weighted by Gasteiger charge is 2.38. The molecule has 0 spiro atoms. The molecule has 0 amide bonds. The van der Waals surface area contributed by atoms with Gasteiger partial charge in [-0.05, 0) is 45.8 Å². The molecule has 13 heavy (non-hydrogen) atoms. The van der Waals surface area contributed by atoms with E-state index in [1.807, 2.05) is 6.92 Å². The minimum Gasteiger partial charge on any atom is -0.387 e. The number of β-amino-alcohol motifs (C(OH)–C–C–N with tert-alkyl or cyclic N) is 1. The molecule has 2 fully saturated rings. The number of piperidine rings is 1. The fourth-order valence-electron chi connectivity index (χ4n) is 2.64. The third kappa shape index (κ3) is 1.87. The van der Waals surface area contributed by atoms with Gasteiger partial charge in [0.15, 0.2) is 0 Å². The molecule has 0 aliphatic carbocycles. The Morgan fingerprint density at radius 2 is 2.08 bits per heavy atom. The smallest absolute Gasteiger partial charge is 0.0898 e. The molecule has 0 aromatic heterocycles. The largest absolute Gasteiger partial charge is 0.387 e. The fourth-order valence-corrected chi connectivity index (χ4v) is 2.64. The molecule has 0 aromatic carbocycles. The molecule has 0 aromatic rings. The molecule has 2 rings (SSSR count). The first-order valence-electron chi connectivity index (χ1n) is 5.37. The number of hydrogen-bond donors (Lipinski definition) is 2. The van der Waals surface area contributed by atoms with Gasteiger partial charge in [0.25, 0.3) is 0 Å². The number of nitrogens with one attached hydrogen (secondary N) is 1. The first-order valence-corrected chi connectivity index (χ1v) is 5.37. The van der Waals surface area contributed by atoms with Crippen molar-refractivity contribution in [3.63, 3.8) is 0 Å². The molecule has 3 nitrogen and oxygen atoms in total. The summed E-state index contributed by atoms with van der Waals surface area (Å²) in [7, 11) is 0. The van der Waals surface area contributed by atoms with Crippen LogP contribution in [0.3, 0.4) is 0 Å². The van der Waals surface area contributed by atoms with Crippen molar-refractivity contribution in [1.82, 2.24) is 10.2 Å². The number of nitrogens with zero attached hydrogens (tertiary/aromatic N) is 1. The Hall–Kier alpha value is -0.120. The van der Waals surface area contributed by atoms with Gasteiger partial charge >= 0.3 is 0 Å². The van der Waals surface area contributed by atoms with Gasteiger partial charge in [-0.15, -0.1) is 0 Å². The van der Waals surface area contributed by atoms with Crippen LogP contribution in [0.15, 0.2) is 0 Å². The van der Waals surface area contributed by atoms with E-state index in [1.54, 1.807) is 0 Å². The summed E-state index contributed by atoms with van der Waals surface area (Å²) in [6.45, 7) is 6.12. The van der Waals surface area contributed by atoms with Gasteiger partial charge in [0, 0.05) is 12.6 Å². The maximum atomic E-state index is 10.2. The van der Waals surface area contributed by atoms with Crippen molar-refractivity contribution in [3.05, 3.63) is 0 Å². The van der Waals surface area contributed by atoms with Gasteiger partial charge in [0.1, 0.15) is 0 Å². The first-order chi connectivity index (χ1) is 6.20. The van der Waals surface area contributed by atoms with Crippen LogP contribution in [-0.4, -0.2) is 47.8 Å². The van der Waals surface area contributed by atoms with E-state index in [9.17, 15) is 5.11 Å². The molecular formula is C10H20N2O. The van der Waals surface area contributed by atoms with Gasteiger partial charge in [0.2, 0.25) is 0 Å². The lowest BCUT2D eigenvalue weighted by Crippen LogP contribution is -2.59. The lowest BCUT2D eigenvalue weighted by atomic mass is 9.89. The molecule has 2 aliphatic rings. The van der Waals surface area contributed by atoms with Crippen LogP contribution in [0.2, 0.25) is 0 Å². The second-order valence-corrected chi connectivity index (χ2v) is 4.58. The first kappa shape index (κ1) is 9.44. The lowest BCUT2D eigenvalue weighted by molar-refractivity contribution is -0.0428. The summed E-state index contributed by atoms with van der Waals surface area (Å²) in [6, 6.07) is 0.385. The van der Waals surface area contributed by atoms with E-state index in [-0.39, 0.29) is 0 Å². The Balaban J connectivity index is 2.02. The SMILES string of the molecule is C[C@]1(O)CNCC[C@@H]1N1CCCC1. The molecule has 3 heteroatoms. The van der Waals surface area contributed by atoms with Crippen molar-refractivity contribution >= 4 is 0 Å². The van der Waals surface area contributed by atoms with E-state index in [0.717, 1.165) is 19.5 Å². The minimum absolute atomic E-state index is 0.385. The van der Waals surface area contributed by atoms with Gasteiger partial charge in [-0.2, -0.15) is 0 Å². The van der Waals surface area contributed by atoms with Crippen LogP contribution < -0.4 is 5.32 Å². The zero-order valence-electron chi connectivity index (χ0n) is 8.42. The Morgan fingerprint density at radius 3 is 2.69 bits per heavy atom. The number of aliphatic hydroxyl groups is 1. The third-order valence-corrected chi connectivity index (χ3v) is 3.38. The van der Waals surface area contributed by atoms with Gasteiger partial charge in [-0.1, -0.05) is 0 Å². The number of rotatable bonds is 1. The highest BCUT2D eigenvalue weighted by atomic mass is 16.3. The van der Waals surface area contributed by atoms with Crippen molar-refractivity contribution in [2.45, 2.75) is 37.8 Å². The average Bonchev–Trinajstić information content (AvgIpc) is 2.55. The number of likely N-dealkylation sites (tertiary alicyclic amines) is 1. The monoisotopic (exact) mass is 184 g/mol. The summed E-state index contributed by atoms with van der Waals surface area (Å²) < 4.78 is 0. The molecule has 2 heterocycles. The topological polar surface area (TPSA) is 35.5 Å². The Morgan fingerprint density at radius 1 is 1.38 bits per heavy atom. The number of hydrogen-bond acceptors (Lipinski definition) is 3. The summed E-state index contributed by atoms with van der Waals surface area (Å²) >= 11 is 0. The van der Waals surface area contributed by atoms with Crippen molar-refractivity contribution in [2.75, 3.05) is 26.2 Å². The third-order valence-electron chi connectivity index (χ3n) is 3.38. The zero-order chi connectivity index (χ0) is 9.31. The summed E-state index contributed by atoms with van der Waals surface area (Å²) in [5.74, 6) is 0. The van der Waals surface area contributed by atoms with Crippen molar-refractivity contribution < 1.29 is 5.11 Å². The molecule has 0 saturated carbocycles. The molecule has 2 N–H and O–H groups in total. The summed E-state index contributed by atoms with van der Waals surface area (Å²) in [5.41, 5.74) is -0.525. The molecule has 0 unspecified atom stereocenters. The van der Waals surface area contributed by atoms with Crippen LogP contribution in [0.1, 0.15) is 26.2 Å².